The second-order valence-electron chi connectivity index (χ2n) is 7.83. The van der Waals surface area contributed by atoms with E-state index in [1.807, 2.05) is 18.7 Å². The molecule has 2 aromatic rings. The van der Waals surface area contributed by atoms with Crippen molar-refractivity contribution in [3.8, 4) is 0 Å². The fourth-order valence-corrected chi connectivity index (χ4v) is 3.47. The Morgan fingerprint density at radius 2 is 2.16 bits per heavy atom. The van der Waals surface area contributed by atoms with Crippen LogP contribution >= 0.6 is 0 Å². The molecule has 2 unspecified atom stereocenters. The van der Waals surface area contributed by atoms with Crippen molar-refractivity contribution in [1.82, 2.24) is 15.2 Å². The fraction of sp³-hybridized carbons (Fsp3) is 0.545. The number of nitrogens with one attached hydrogen (secondary N) is 1. The first-order valence-electron chi connectivity index (χ1n) is 10.5. The van der Waals surface area contributed by atoms with Crippen LogP contribution in [0, 0.1) is 0 Å². The summed E-state index contributed by atoms with van der Waals surface area (Å²) in [4.78, 5) is 18.6. The molecule has 9 heteroatoms. The third-order valence-corrected chi connectivity index (χ3v) is 5.49. The minimum atomic E-state index is -4.38. The minimum Gasteiger partial charge on any atom is -0.447 e. The molecular weight excluding hydrogens is 411 g/mol. The number of nitrogens with zero attached hydrogens (tertiary/aromatic N) is 2. The molecule has 0 radical (unpaired) electrons. The van der Waals surface area contributed by atoms with Gasteiger partial charge >= 0.3 is 6.18 Å². The molecule has 1 aromatic carbocycles. The highest BCUT2D eigenvalue weighted by molar-refractivity contribution is 5.91. The highest BCUT2D eigenvalue weighted by Crippen LogP contribution is 2.30. The van der Waals surface area contributed by atoms with E-state index in [0.717, 1.165) is 31.4 Å². The maximum Gasteiger partial charge on any atom is 0.416 e. The van der Waals surface area contributed by atoms with Gasteiger partial charge in [-0.1, -0.05) is 25.1 Å². The number of benzene rings is 1. The Bertz CT molecular complexity index is 863. The number of hydrogen-bond donors (Lipinski definition) is 1. The molecule has 2 heterocycles. The van der Waals surface area contributed by atoms with Crippen molar-refractivity contribution < 1.29 is 27.1 Å². The topological polar surface area (TPSA) is 67.6 Å². The Balaban J connectivity index is 1.64. The molecule has 1 fully saturated rings. The number of oxazole rings is 1. The smallest absolute Gasteiger partial charge is 0.416 e. The van der Waals surface area contributed by atoms with Gasteiger partial charge in [-0.05, 0) is 37.8 Å². The minimum absolute atomic E-state index is 0.0312. The lowest BCUT2D eigenvalue weighted by Gasteiger charge is -2.27. The van der Waals surface area contributed by atoms with Crippen molar-refractivity contribution in [2.75, 3.05) is 13.2 Å². The number of amides is 1. The number of halogens is 3. The molecule has 1 N–H and O–H groups in total. The van der Waals surface area contributed by atoms with Crippen molar-refractivity contribution in [2.45, 2.75) is 64.5 Å². The van der Waals surface area contributed by atoms with Crippen molar-refractivity contribution in [2.24, 2.45) is 0 Å². The maximum absolute atomic E-state index is 13.0. The molecular formula is C22H28F3N3O3. The number of ether oxygens (including phenoxy) is 1. The average Bonchev–Trinajstić information content (AvgIpc) is 3.43. The number of carbonyl (C=O) groups is 1. The number of carbonyl (C=O) groups excluding carboxylic acids is 1. The molecule has 1 aliphatic rings. The zero-order valence-corrected chi connectivity index (χ0v) is 17.7. The largest absolute Gasteiger partial charge is 0.447 e. The fourth-order valence-electron chi connectivity index (χ4n) is 3.47. The highest BCUT2D eigenvalue weighted by atomic mass is 19.4. The van der Waals surface area contributed by atoms with E-state index in [1.54, 1.807) is 6.07 Å². The van der Waals surface area contributed by atoms with E-state index in [-0.39, 0.29) is 30.3 Å². The predicted octanol–water partition coefficient (Wildman–Crippen LogP) is 4.40. The summed E-state index contributed by atoms with van der Waals surface area (Å²) in [6.07, 6.45) is -0.335. The number of hydrogen-bond acceptors (Lipinski definition) is 5. The van der Waals surface area contributed by atoms with Gasteiger partial charge in [0.2, 0.25) is 5.89 Å². The van der Waals surface area contributed by atoms with Crippen LogP contribution in [0.1, 0.15) is 60.6 Å². The van der Waals surface area contributed by atoms with Crippen LogP contribution in [0.2, 0.25) is 0 Å². The standard InChI is InChI=1S/C22H28F3N3O3/c1-3-15(2)28(12-16-6-4-7-17(10-16)22(23,24)25)13-20-27-19(14-31-20)21(29)26-11-18-8-5-9-30-18/h4,6-7,10,14-15,18H,3,5,8-9,11-13H2,1-2H3,(H,26,29). The van der Waals surface area contributed by atoms with E-state index in [0.29, 0.717) is 31.2 Å². The van der Waals surface area contributed by atoms with Crippen molar-refractivity contribution in [3.05, 3.63) is 53.2 Å². The molecule has 31 heavy (non-hydrogen) atoms. The Labute approximate surface area is 179 Å². The summed E-state index contributed by atoms with van der Waals surface area (Å²) in [5.41, 5.74) is 0.0582. The molecule has 1 aliphatic heterocycles. The van der Waals surface area contributed by atoms with Crippen LogP contribution in [0.15, 0.2) is 34.9 Å². The van der Waals surface area contributed by atoms with E-state index >= 15 is 0 Å². The lowest BCUT2D eigenvalue weighted by Crippen LogP contribution is -2.32. The second-order valence-corrected chi connectivity index (χ2v) is 7.83. The second kappa shape index (κ2) is 10.3. The molecule has 1 saturated heterocycles. The zero-order chi connectivity index (χ0) is 22.4. The summed E-state index contributed by atoms with van der Waals surface area (Å²) in [7, 11) is 0. The molecule has 1 amide bonds. The first kappa shape index (κ1) is 23.3. The highest BCUT2D eigenvalue weighted by Gasteiger charge is 2.30. The van der Waals surface area contributed by atoms with Gasteiger partial charge < -0.3 is 14.5 Å². The average molecular weight is 439 g/mol. The van der Waals surface area contributed by atoms with Gasteiger partial charge in [-0.2, -0.15) is 13.2 Å². The van der Waals surface area contributed by atoms with Crippen LogP contribution in [-0.4, -0.2) is 41.1 Å². The Hall–Kier alpha value is -2.39. The SMILES string of the molecule is CCC(C)N(Cc1cccc(C(F)(F)F)c1)Cc1nc(C(=O)NCC2CCCO2)co1. The monoisotopic (exact) mass is 439 g/mol. The lowest BCUT2D eigenvalue weighted by atomic mass is 10.1. The van der Waals surface area contributed by atoms with Crippen LogP contribution in [-0.2, 0) is 24.0 Å². The van der Waals surface area contributed by atoms with E-state index in [4.69, 9.17) is 9.15 Å². The predicted molar refractivity (Wildman–Crippen MR) is 108 cm³/mol. The number of rotatable bonds is 9. The van der Waals surface area contributed by atoms with Crippen molar-refractivity contribution in [1.29, 1.82) is 0 Å². The van der Waals surface area contributed by atoms with E-state index in [2.05, 4.69) is 10.3 Å². The zero-order valence-electron chi connectivity index (χ0n) is 17.7. The molecule has 0 bridgehead atoms. The molecule has 0 aliphatic carbocycles. The maximum atomic E-state index is 13.0. The molecule has 170 valence electrons. The first-order valence-corrected chi connectivity index (χ1v) is 10.5. The van der Waals surface area contributed by atoms with Gasteiger partial charge in [0.1, 0.15) is 6.26 Å². The van der Waals surface area contributed by atoms with Crippen LogP contribution in [0.3, 0.4) is 0 Å². The Morgan fingerprint density at radius 1 is 1.35 bits per heavy atom. The van der Waals surface area contributed by atoms with Gasteiger partial charge in [-0.15, -0.1) is 0 Å². The van der Waals surface area contributed by atoms with Crippen LogP contribution in [0.4, 0.5) is 13.2 Å². The molecule has 2 atom stereocenters. The first-order chi connectivity index (χ1) is 14.8. The van der Waals surface area contributed by atoms with Crippen LogP contribution in [0.5, 0.6) is 0 Å². The van der Waals surface area contributed by atoms with E-state index < -0.39 is 11.7 Å². The summed E-state index contributed by atoms with van der Waals surface area (Å²) in [5.74, 6) is 0.00742. The van der Waals surface area contributed by atoms with E-state index in [1.165, 1.54) is 12.3 Å². The quantitative estimate of drug-likeness (QED) is 0.627. The van der Waals surface area contributed by atoms with Gasteiger partial charge in [0, 0.05) is 25.7 Å². The number of alkyl halides is 3. The molecule has 6 nitrogen and oxygen atoms in total. The van der Waals surface area contributed by atoms with E-state index in [9.17, 15) is 18.0 Å². The summed E-state index contributed by atoms with van der Waals surface area (Å²) in [6.45, 7) is 5.72. The summed E-state index contributed by atoms with van der Waals surface area (Å²) >= 11 is 0. The van der Waals surface area contributed by atoms with Gasteiger partial charge in [0.05, 0.1) is 18.2 Å². The van der Waals surface area contributed by atoms with Gasteiger partial charge in [0.25, 0.3) is 5.91 Å². The summed E-state index contributed by atoms with van der Waals surface area (Å²) in [5, 5.41) is 2.80. The summed E-state index contributed by atoms with van der Waals surface area (Å²) < 4.78 is 50.1. The van der Waals surface area contributed by atoms with Crippen molar-refractivity contribution in [3.63, 3.8) is 0 Å². The van der Waals surface area contributed by atoms with Gasteiger partial charge in [-0.25, -0.2) is 4.98 Å². The molecule has 1 aromatic heterocycles. The Morgan fingerprint density at radius 3 is 2.84 bits per heavy atom. The molecule has 3 rings (SSSR count). The summed E-state index contributed by atoms with van der Waals surface area (Å²) in [6, 6.07) is 5.39. The van der Waals surface area contributed by atoms with Gasteiger partial charge in [-0.3, -0.25) is 9.69 Å². The third-order valence-electron chi connectivity index (χ3n) is 5.49. The Kier molecular flexibility index (Phi) is 7.72. The number of aromatic nitrogens is 1. The van der Waals surface area contributed by atoms with Crippen LogP contribution < -0.4 is 5.32 Å². The normalized spacial score (nSPS) is 17.8. The van der Waals surface area contributed by atoms with Crippen LogP contribution in [0.25, 0.3) is 0 Å². The van der Waals surface area contributed by atoms with Crippen molar-refractivity contribution >= 4 is 5.91 Å². The molecule has 0 saturated carbocycles. The third kappa shape index (κ3) is 6.54. The lowest BCUT2D eigenvalue weighted by molar-refractivity contribution is -0.137. The molecule has 0 spiro atoms. The van der Waals surface area contributed by atoms with Gasteiger partial charge in [0.15, 0.2) is 5.69 Å².